The summed E-state index contributed by atoms with van der Waals surface area (Å²) in [5.41, 5.74) is 0.794. The lowest BCUT2D eigenvalue weighted by Gasteiger charge is -2.18. The predicted molar refractivity (Wildman–Crippen MR) is 75.6 cm³/mol. The van der Waals surface area contributed by atoms with E-state index in [9.17, 15) is 14.0 Å². The smallest absolute Gasteiger partial charge is 0.324 e. The first-order valence-corrected chi connectivity index (χ1v) is 7.05. The van der Waals surface area contributed by atoms with Crippen molar-refractivity contribution in [3.05, 3.63) is 34.1 Å². The van der Waals surface area contributed by atoms with E-state index >= 15 is 0 Å². The Balaban J connectivity index is 1.89. The molecule has 1 aliphatic heterocycles. The number of carbonyl (C=O) groups is 2. The third-order valence-electron chi connectivity index (χ3n) is 3.15. The van der Waals surface area contributed by atoms with Gasteiger partial charge in [-0.3, -0.25) is 9.69 Å². The second-order valence-corrected chi connectivity index (χ2v) is 5.40. The molecule has 1 saturated heterocycles. The second-order valence-electron chi connectivity index (χ2n) is 4.55. The fourth-order valence-electron chi connectivity index (χ4n) is 2.03. The summed E-state index contributed by atoms with van der Waals surface area (Å²) < 4.78 is 14.0. The van der Waals surface area contributed by atoms with Gasteiger partial charge in [-0.25, -0.2) is 9.18 Å². The van der Waals surface area contributed by atoms with Gasteiger partial charge in [-0.15, -0.1) is 0 Å². The van der Waals surface area contributed by atoms with Crippen LogP contribution in [-0.4, -0.2) is 36.5 Å². The molecule has 1 aromatic carbocycles. The number of imide groups is 1. The topological polar surface area (TPSA) is 61.4 Å². The molecule has 0 aliphatic carbocycles. The van der Waals surface area contributed by atoms with Crippen LogP contribution in [0.5, 0.6) is 0 Å². The van der Waals surface area contributed by atoms with E-state index < -0.39 is 0 Å². The second kappa shape index (κ2) is 6.32. The van der Waals surface area contributed by atoms with Crippen molar-refractivity contribution in [2.45, 2.75) is 13.0 Å². The Labute approximate surface area is 124 Å². The van der Waals surface area contributed by atoms with Gasteiger partial charge in [0.15, 0.2) is 0 Å². The third-order valence-corrected chi connectivity index (χ3v) is 3.87. The molecule has 0 spiro atoms. The largest absolute Gasteiger partial charge is 0.329 e. The molecule has 0 aromatic heterocycles. The highest BCUT2D eigenvalue weighted by Crippen LogP contribution is 2.23. The molecule has 1 aromatic rings. The number of rotatable bonds is 5. The number of hydrogen-bond donors (Lipinski definition) is 2. The number of urea groups is 1. The first kappa shape index (κ1) is 14.9. The molecule has 108 valence electrons. The summed E-state index contributed by atoms with van der Waals surface area (Å²) in [5, 5.41) is 5.62. The molecule has 1 unspecified atom stereocenters. The zero-order valence-electron chi connectivity index (χ0n) is 11.0. The minimum Gasteiger partial charge on any atom is -0.329 e. The number of hydrogen-bond acceptors (Lipinski definition) is 3. The summed E-state index contributed by atoms with van der Waals surface area (Å²) in [6.45, 7) is 2.69. The Morgan fingerprint density at radius 2 is 2.25 bits per heavy atom. The molecule has 2 N–H and O–H groups in total. The van der Waals surface area contributed by atoms with Crippen LogP contribution in [0.1, 0.15) is 18.5 Å². The predicted octanol–water partition coefficient (Wildman–Crippen LogP) is 1.79. The van der Waals surface area contributed by atoms with Crippen LogP contribution < -0.4 is 10.6 Å². The molecule has 20 heavy (non-hydrogen) atoms. The highest BCUT2D eigenvalue weighted by molar-refractivity contribution is 9.10. The molecule has 0 saturated carbocycles. The molecular weight excluding hydrogens is 329 g/mol. The molecule has 1 atom stereocenters. The Morgan fingerprint density at radius 3 is 2.90 bits per heavy atom. The van der Waals surface area contributed by atoms with Crippen LogP contribution in [0.15, 0.2) is 22.7 Å². The van der Waals surface area contributed by atoms with Crippen molar-refractivity contribution in [3.63, 3.8) is 0 Å². The van der Waals surface area contributed by atoms with Crippen molar-refractivity contribution in [2.24, 2.45) is 0 Å². The molecule has 1 heterocycles. The van der Waals surface area contributed by atoms with Crippen LogP contribution in [0.2, 0.25) is 0 Å². The molecule has 1 aliphatic rings. The van der Waals surface area contributed by atoms with E-state index in [0.29, 0.717) is 13.1 Å². The van der Waals surface area contributed by atoms with Gasteiger partial charge in [-0.2, -0.15) is 0 Å². The van der Waals surface area contributed by atoms with Crippen LogP contribution in [-0.2, 0) is 4.79 Å². The number of nitrogens with one attached hydrogen (secondary N) is 2. The molecule has 2 rings (SSSR count). The first-order valence-electron chi connectivity index (χ1n) is 6.25. The van der Waals surface area contributed by atoms with Gasteiger partial charge in [-0.05, 0) is 30.7 Å². The van der Waals surface area contributed by atoms with Crippen molar-refractivity contribution in [1.29, 1.82) is 0 Å². The maximum Gasteiger partial charge on any atom is 0.324 e. The zero-order chi connectivity index (χ0) is 14.7. The summed E-state index contributed by atoms with van der Waals surface area (Å²) in [7, 11) is 0. The van der Waals surface area contributed by atoms with Crippen LogP contribution in [0, 0.1) is 5.82 Å². The summed E-state index contributed by atoms with van der Waals surface area (Å²) in [6, 6.07) is 4.03. The van der Waals surface area contributed by atoms with Gasteiger partial charge >= 0.3 is 6.03 Å². The molecule has 1 fully saturated rings. The van der Waals surface area contributed by atoms with E-state index in [1.807, 2.05) is 6.92 Å². The van der Waals surface area contributed by atoms with Gasteiger partial charge in [0.05, 0.1) is 6.54 Å². The van der Waals surface area contributed by atoms with Crippen molar-refractivity contribution in [3.8, 4) is 0 Å². The van der Waals surface area contributed by atoms with Gasteiger partial charge in [0.25, 0.3) is 0 Å². The fourth-order valence-corrected chi connectivity index (χ4v) is 2.62. The minimum absolute atomic E-state index is 0.0594. The lowest BCUT2D eigenvalue weighted by Crippen LogP contribution is -2.37. The van der Waals surface area contributed by atoms with Crippen LogP contribution in [0.4, 0.5) is 9.18 Å². The zero-order valence-corrected chi connectivity index (χ0v) is 12.5. The monoisotopic (exact) mass is 343 g/mol. The molecule has 0 bridgehead atoms. The Bertz CT molecular complexity index is 522. The normalized spacial score (nSPS) is 16.4. The van der Waals surface area contributed by atoms with Crippen molar-refractivity contribution in [2.75, 3.05) is 19.6 Å². The lowest BCUT2D eigenvalue weighted by atomic mass is 10.1. The lowest BCUT2D eigenvalue weighted by molar-refractivity contribution is -0.124. The van der Waals surface area contributed by atoms with Gasteiger partial charge in [-0.1, -0.05) is 15.9 Å². The summed E-state index contributed by atoms with van der Waals surface area (Å²) >= 11 is 3.37. The van der Waals surface area contributed by atoms with Gasteiger partial charge in [0.2, 0.25) is 5.91 Å². The average molecular weight is 344 g/mol. The fraction of sp³-hybridized carbons (Fsp3) is 0.385. The third kappa shape index (κ3) is 3.34. The van der Waals surface area contributed by atoms with Gasteiger partial charge in [0.1, 0.15) is 5.82 Å². The standard InChI is InChI=1S/C13H15BrFN3O2/c1-8(10-6-9(15)2-3-11(10)14)16-4-5-18-12(19)7-17-13(18)20/h2-3,6,8,16H,4-5,7H2,1H3,(H,17,20). The van der Waals surface area contributed by atoms with Crippen LogP contribution in [0.3, 0.4) is 0 Å². The summed E-state index contributed by atoms with van der Waals surface area (Å²) in [5.74, 6) is -0.526. The molecule has 7 heteroatoms. The number of nitrogens with zero attached hydrogens (tertiary/aromatic N) is 1. The minimum atomic E-state index is -0.364. The van der Waals surface area contributed by atoms with Gasteiger partial charge in [0, 0.05) is 23.6 Å². The Kier molecular flexibility index (Phi) is 4.72. The Hall–Kier alpha value is -1.47. The van der Waals surface area contributed by atoms with E-state index in [2.05, 4.69) is 26.6 Å². The first-order chi connectivity index (χ1) is 9.49. The van der Waals surface area contributed by atoms with Crippen molar-refractivity contribution in [1.82, 2.24) is 15.5 Å². The number of carbonyl (C=O) groups excluding carboxylic acids is 2. The highest BCUT2D eigenvalue weighted by atomic mass is 79.9. The quantitative estimate of drug-likeness (QED) is 0.801. The number of benzene rings is 1. The van der Waals surface area contributed by atoms with E-state index in [4.69, 9.17) is 0 Å². The van der Waals surface area contributed by atoms with Crippen molar-refractivity contribution < 1.29 is 14.0 Å². The maximum atomic E-state index is 13.2. The number of halogens is 2. The van der Waals surface area contributed by atoms with E-state index in [1.54, 1.807) is 6.07 Å². The summed E-state index contributed by atoms with van der Waals surface area (Å²) in [4.78, 5) is 23.9. The molecule has 3 amide bonds. The Morgan fingerprint density at radius 1 is 1.50 bits per heavy atom. The maximum absolute atomic E-state index is 13.2. The summed E-state index contributed by atoms with van der Waals surface area (Å²) in [6.07, 6.45) is 0. The molecule has 5 nitrogen and oxygen atoms in total. The van der Waals surface area contributed by atoms with Gasteiger partial charge < -0.3 is 10.6 Å². The van der Waals surface area contributed by atoms with Crippen molar-refractivity contribution >= 4 is 27.9 Å². The average Bonchev–Trinajstić information content (AvgIpc) is 2.73. The van der Waals surface area contributed by atoms with E-state index in [0.717, 1.165) is 10.0 Å². The van der Waals surface area contributed by atoms with Crippen LogP contribution in [0.25, 0.3) is 0 Å². The van der Waals surface area contributed by atoms with E-state index in [1.165, 1.54) is 17.0 Å². The highest BCUT2D eigenvalue weighted by Gasteiger charge is 2.27. The van der Waals surface area contributed by atoms with Crippen LogP contribution >= 0.6 is 15.9 Å². The van der Waals surface area contributed by atoms with E-state index in [-0.39, 0.29) is 30.3 Å². The molecular formula is C13H15BrFN3O2. The SMILES string of the molecule is CC(NCCN1C(=O)CNC1=O)c1cc(F)ccc1Br. The number of amides is 3. The molecule has 0 radical (unpaired) electrons.